The fraction of sp³-hybridized carbons (Fsp3) is 0.200. The molecule has 0 radical (unpaired) electrons. The summed E-state index contributed by atoms with van der Waals surface area (Å²) in [7, 11) is 0. The minimum Gasteiger partial charge on any atom is -0.310 e. The van der Waals surface area contributed by atoms with E-state index in [4.69, 9.17) is 0 Å². The van der Waals surface area contributed by atoms with E-state index >= 15 is 0 Å². The van der Waals surface area contributed by atoms with Gasteiger partial charge in [-0.05, 0) is 107 Å². The molecule has 0 N–H and O–H groups in total. The van der Waals surface area contributed by atoms with E-state index < -0.39 is 0 Å². The van der Waals surface area contributed by atoms with E-state index in [1.807, 2.05) is 0 Å². The zero-order chi connectivity index (χ0) is 36.4. The van der Waals surface area contributed by atoms with E-state index in [9.17, 15) is 0 Å². The van der Waals surface area contributed by atoms with Crippen LogP contribution in [0.3, 0.4) is 0 Å². The Morgan fingerprint density at radius 3 is 1.06 bits per heavy atom. The summed E-state index contributed by atoms with van der Waals surface area (Å²) in [5, 5.41) is 7.57. The van der Waals surface area contributed by atoms with Gasteiger partial charge in [-0.15, -0.1) is 0 Å². The first-order valence-electron chi connectivity index (χ1n) is 18.5. The third kappa shape index (κ3) is 5.97. The van der Waals surface area contributed by atoms with Crippen molar-refractivity contribution in [1.29, 1.82) is 0 Å². The lowest BCUT2D eigenvalue weighted by Crippen LogP contribution is -2.16. The summed E-state index contributed by atoms with van der Waals surface area (Å²) in [4.78, 5) is 4.91. The predicted octanol–water partition coefficient (Wildman–Crippen LogP) is 14.7. The molecule has 0 aliphatic heterocycles. The molecule has 0 aliphatic carbocycles. The monoisotopic (exact) mass is 676 g/mol. The molecule has 0 aliphatic rings. The molecule has 0 spiro atoms. The molecule has 52 heavy (non-hydrogen) atoms. The third-order valence-electron chi connectivity index (χ3n) is 10.7. The Hall–Kier alpha value is -5.60. The number of rotatable bonds is 6. The van der Waals surface area contributed by atoms with Crippen LogP contribution in [0.4, 0.5) is 34.1 Å². The van der Waals surface area contributed by atoms with E-state index in [-0.39, 0.29) is 10.8 Å². The fourth-order valence-corrected chi connectivity index (χ4v) is 7.63. The highest BCUT2D eigenvalue weighted by Gasteiger charge is 2.25. The Labute approximate surface area is 309 Å². The van der Waals surface area contributed by atoms with E-state index in [2.05, 4.69) is 211 Å². The first kappa shape index (κ1) is 33.5. The normalized spacial score (nSPS) is 12.2. The predicted molar refractivity (Wildman–Crippen MR) is 226 cm³/mol. The van der Waals surface area contributed by atoms with Crippen LogP contribution in [0.15, 0.2) is 146 Å². The summed E-state index contributed by atoms with van der Waals surface area (Å²) in [5.41, 5.74) is 12.1. The van der Waals surface area contributed by atoms with Gasteiger partial charge in [0.25, 0.3) is 0 Å². The lowest BCUT2D eigenvalue weighted by molar-refractivity contribution is 0.590. The molecule has 0 saturated carbocycles. The highest BCUT2D eigenvalue weighted by Crippen LogP contribution is 2.50. The maximum atomic E-state index is 2.46. The molecule has 8 rings (SSSR count). The van der Waals surface area contributed by atoms with Gasteiger partial charge in [-0.2, -0.15) is 0 Å². The van der Waals surface area contributed by atoms with E-state index in [1.165, 1.54) is 54.6 Å². The maximum Gasteiger partial charge on any atom is 0.0561 e. The van der Waals surface area contributed by atoms with Gasteiger partial charge in [0.15, 0.2) is 0 Å². The van der Waals surface area contributed by atoms with Crippen molar-refractivity contribution in [3.05, 3.63) is 168 Å². The van der Waals surface area contributed by atoms with Gasteiger partial charge >= 0.3 is 0 Å². The maximum absolute atomic E-state index is 2.46. The third-order valence-corrected chi connectivity index (χ3v) is 10.7. The zero-order valence-electron chi connectivity index (χ0n) is 31.8. The van der Waals surface area contributed by atoms with E-state index in [1.54, 1.807) is 0 Å². The summed E-state index contributed by atoms with van der Waals surface area (Å²) < 4.78 is 0. The molecule has 258 valence electrons. The van der Waals surface area contributed by atoms with Gasteiger partial charge in [0.2, 0.25) is 0 Å². The molecule has 0 bridgehead atoms. The van der Waals surface area contributed by atoms with Crippen LogP contribution < -0.4 is 9.80 Å². The van der Waals surface area contributed by atoms with Crippen LogP contribution in [-0.4, -0.2) is 0 Å². The standard InChI is InChI=1S/C50H48N2/c1-33-12-22-39(23-13-33)51(41-26-18-37(19-27-41)49(3,4)5)45-32-46(44-31-17-36-11-9-10-35-16-30-43(45)48(44)47(35)36)52(40-24-14-34(2)15-25-40)42-28-20-38(21-29-42)50(6,7)8/h9-32H,1-8H3. The Balaban J connectivity index is 1.48. The van der Waals surface area contributed by atoms with Gasteiger partial charge in [0.1, 0.15) is 0 Å². The van der Waals surface area contributed by atoms with Crippen molar-refractivity contribution < 1.29 is 0 Å². The van der Waals surface area contributed by atoms with Crippen molar-refractivity contribution in [3.63, 3.8) is 0 Å². The number of anilines is 6. The van der Waals surface area contributed by atoms with Crippen LogP contribution in [0.2, 0.25) is 0 Å². The molecule has 0 heterocycles. The van der Waals surface area contributed by atoms with Gasteiger partial charge in [-0.3, -0.25) is 0 Å². The lowest BCUT2D eigenvalue weighted by atomic mass is 9.87. The number of nitrogens with zero attached hydrogens (tertiary/aromatic N) is 2. The van der Waals surface area contributed by atoms with Crippen molar-refractivity contribution in [2.24, 2.45) is 0 Å². The fourth-order valence-electron chi connectivity index (χ4n) is 7.63. The Morgan fingerprint density at radius 2 is 0.712 bits per heavy atom. The number of hydrogen-bond acceptors (Lipinski definition) is 2. The lowest BCUT2D eigenvalue weighted by Gasteiger charge is -2.33. The van der Waals surface area contributed by atoms with Crippen LogP contribution >= 0.6 is 0 Å². The molecule has 8 aromatic rings. The van der Waals surface area contributed by atoms with Crippen LogP contribution in [0.25, 0.3) is 32.3 Å². The molecule has 0 fully saturated rings. The molecule has 2 heteroatoms. The van der Waals surface area contributed by atoms with Crippen molar-refractivity contribution in [1.82, 2.24) is 0 Å². The van der Waals surface area contributed by atoms with Crippen LogP contribution in [0, 0.1) is 13.8 Å². The topological polar surface area (TPSA) is 6.48 Å². The largest absolute Gasteiger partial charge is 0.310 e. The smallest absolute Gasteiger partial charge is 0.0561 e. The molecular weight excluding hydrogens is 629 g/mol. The Bertz CT molecular complexity index is 2340. The number of hydrogen-bond donors (Lipinski definition) is 0. The summed E-state index contributed by atoms with van der Waals surface area (Å²) >= 11 is 0. The molecule has 0 unspecified atom stereocenters. The van der Waals surface area contributed by atoms with Crippen LogP contribution in [0.5, 0.6) is 0 Å². The van der Waals surface area contributed by atoms with Gasteiger partial charge in [-0.25, -0.2) is 0 Å². The summed E-state index contributed by atoms with van der Waals surface area (Å²) in [5.74, 6) is 0. The SMILES string of the molecule is Cc1ccc(N(c2ccc(C(C)(C)C)cc2)c2cc(N(c3ccc(C)cc3)c3ccc(C(C)(C)C)cc3)c3ccc4cccc5ccc2c3c54)cc1. The minimum atomic E-state index is 0.0600. The zero-order valence-corrected chi connectivity index (χ0v) is 31.8. The van der Waals surface area contributed by atoms with Gasteiger partial charge in [0.05, 0.1) is 11.4 Å². The van der Waals surface area contributed by atoms with Crippen LogP contribution in [-0.2, 0) is 10.8 Å². The highest BCUT2D eigenvalue weighted by molar-refractivity contribution is 6.28. The van der Waals surface area contributed by atoms with Gasteiger partial charge < -0.3 is 9.80 Å². The van der Waals surface area contributed by atoms with Crippen molar-refractivity contribution in [3.8, 4) is 0 Å². The summed E-state index contributed by atoms with van der Waals surface area (Å²) in [6, 6.07) is 54.6. The second kappa shape index (κ2) is 12.6. The molecular formula is C50H48N2. The van der Waals surface area contributed by atoms with E-state index in [0.717, 1.165) is 34.1 Å². The average Bonchev–Trinajstić information content (AvgIpc) is 3.13. The first-order chi connectivity index (χ1) is 24.9. The van der Waals surface area contributed by atoms with Crippen molar-refractivity contribution in [2.45, 2.75) is 66.2 Å². The molecule has 0 amide bonds. The number of benzene rings is 8. The van der Waals surface area contributed by atoms with Gasteiger partial charge in [-0.1, -0.05) is 144 Å². The van der Waals surface area contributed by atoms with Gasteiger partial charge in [0, 0.05) is 38.9 Å². The second-order valence-electron chi connectivity index (χ2n) is 16.5. The second-order valence-corrected chi connectivity index (χ2v) is 16.5. The highest BCUT2D eigenvalue weighted by atomic mass is 15.2. The summed E-state index contributed by atoms with van der Waals surface area (Å²) in [6.07, 6.45) is 0. The molecule has 0 aromatic heterocycles. The Morgan fingerprint density at radius 1 is 0.365 bits per heavy atom. The summed E-state index contributed by atoms with van der Waals surface area (Å²) in [6.45, 7) is 18.0. The number of aryl methyl sites for hydroxylation is 2. The van der Waals surface area contributed by atoms with Crippen molar-refractivity contribution in [2.75, 3.05) is 9.80 Å². The molecule has 2 nitrogen and oxygen atoms in total. The quantitative estimate of drug-likeness (QED) is 0.162. The minimum absolute atomic E-state index is 0.0600. The Kier molecular flexibility index (Phi) is 8.10. The van der Waals surface area contributed by atoms with Crippen LogP contribution in [0.1, 0.15) is 63.8 Å². The average molecular weight is 677 g/mol. The first-order valence-corrected chi connectivity index (χ1v) is 18.5. The molecule has 8 aromatic carbocycles. The van der Waals surface area contributed by atoms with Crippen molar-refractivity contribution >= 4 is 66.4 Å². The molecule has 0 saturated heterocycles. The van der Waals surface area contributed by atoms with E-state index in [0.29, 0.717) is 0 Å². The molecule has 0 atom stereocenters.